The van der Waals surface area contributed by atoms with E-state index < -0.39 is 5.91 Å². The van der Waals surface area contributed by atoms with Gasteiger partial charge in [-0.25, -0.2) is 4.98 Å². The largest absolute Gasteiger partial charge is 0.364 e. The maximum atomic E-state index is 12.6. The number of nitrogens with two attached hydrogens (primary N) is 1. The maximum Gasteiger partial charge on any atom is 0.269 e. The first-order valence-electron chi connectivity index (χ1n) is 9.10. The lowest BCUT2D eigenvalue weighted by Gasteiger charge is -2.31. The number of nitrogens with zero attached hydrogens (tertiary/aromatic N) is 4. The summed E-state index contributed by atoms with van der Waals surface area (Å²) in [5.74, 6) is -0.487. The Kier molecular flexibility index (Phi) is 4.64. The summed E-state index contributed by atoms with van der Waals surface area (Å²) in [6.07, 6.45) is 2.92. The molecule has 1 saturated heterocycles. The molecule has 0 atom stereocenters. The highest BCUT2D eigenvalue weighted by atomic mass is 16.2. The predicted octanol–water partition coefficient (Wildman–Crippen LogP) is 0.625. The van der Waals surface area contributed by atoms with Gasteiger partial charge in [0.15, 0.2) is 0 Å². The van der Waals surface area contributed by atoms with Crippen LogP contribution in [0.25, 0.3) is 10.9 Å². The summed E-state index contributed by atoms with van der Waals surface area (Å²) in [6, 6.07) is 8.75. The molecular formula is C19H20N6O3. The van der Waals surface area contributed by atoms with Crippen LogP contribution in [0.4, 0.5) is 0 Å². The molecule has 1 aromatic carbocycles. The normalized spacial score (nSPS) is 15.1. The second-order valence-corrected chi connectivity index (χ2v) is 6.92. The van der Waals surface area contributed by atoms with Crippen LogP contribution in [0.5, 0.6) is 0 Å². The first-order valence-corrected chi connectivity index (χ1v) is 9.10. The average molecular weight is 380 g/mol. The SMILES string of the molecule is NC(=O)c1cc(C2CCN(C(=O)Cn3cnc4ccccc4c3=O)CC2)[nH]n1. The van der Waals surface area contributed by atoms with Gasteiger partial charge in [-0.3, -0.25) is 24.0 Å². The summed E-state index contributed by atoms with van der Waals surface area (Å²) in [5.41, 5.74) is 6.71. The number of aromatic nitrogens is 4. The van der Waals surface area contributed by atoms with Gasteiger partial charge in [-0.2, -0.15) is 5.10 Å². The number of H-pyrrole nitrogens is 1. The van der Waals surface area contributed by atoms with Gasteiger partial charge in [-0.15, -0.1) is 0 Å². The molecule has 0 bridgehead atoms. The Balaban J connectivity index is 1.41. The highest BCUT2D eigenvalue weighted by molar-refractivity contribution is 5.90. The first-order chi connectivity index (χ1) is 13.5. The van der Waals surface area contributed by atoms with Crippen molar-refractivity contribution < 1.29 is 9.59 Å². The molecule has 0 radical (unpaired) electrons. The number of primary amides is 1. The molecule has 0 saturated carbocycles. The Morgan fingerprint density at radius 2 is 1.96 bits per heavy atom. The van der Waals surface area contributed by atoms with Crippen LogP contribution in [-0.4, -0.2) is 49.6 Å². The van der Waals surface area contributed by atoms with E-state index in [1.165, 1.54) is 10.9 Å². The average Bonchev–Trinajstić information content (AvgIpc) is 3.21. The van der Waals surface area contributed by atoms with E-state index in [1.54, 1.807) is 29.2 Å². The Morgan fingerprint density at radius 1 is 1.21 bits per heavy atom. The van der Waals surface area contributed by atoms with E-state index in [1.807, 2.05) is 6.07 Å². The van der Waals surface area contributed by atoms with Gasteiger partial charge in [0.1, 0.15) is 12.2 Å². The summed E-state index contributed by atoms with van der Waals surface area (Å²) in [7, 11) is 0. The van der Waals surface area contributed by atoms with Crippen molar-refractivity contribution in [3.63, 3.8) is 0 Å². The van der Waals surface area contributed by atoms with Crippen LogP contribution in [-0.2, 0) is 11.3 Å². The molecule has 28 heavy (non-hydrogen) atoms. The molecule has 3 heterocycles. The van der Waals surface area contributed by atoms with Crippen LogP contribution in [0.15, 0.2) is 41.5 Å². The standard InChI is InChI=1S/C19H20N6O3/c20-18(27)16-9-15(22-23-16)12-5-7-24(8-6-12)17(26)10-25-11-21-14-4-2-1-3-13(14)19(25)28/h1-4,9,11-12H,5-8,10H2,(H2,20,27)(H,22,23). The molecule has 4 rings (SSSR count). The quantitative estimate of drug-likeness (QED) is 0.686. The molecule has 144 valence electrons. The summed E-state index contributed by atoms with van der Waals surface area (Å²) < 4.78 is 1.35. The van der Waals surface area contributed by atoms with Crippen molar-refractivity contribution in [3.05, 3.63) is 58.4 Å². The minimum absolute atomic E-state index is 0.0305. The van der Waals surface area contributed by atoms with Crippen molar-refractivity contribution in [2.45, 2.75) is 25.3 Å². The molecule has 3 N–H and O–H groups in total. The third-order valence-electron chi connectivity index (χ3n) is 5.17. The molecule has 0 unspecified atom stereocenters. The number of hydrogen-bond donors (Lipinski definition) is 2. The molecule has 9 heteroatoms. The summed E-state index contributed by atoms with van der Waals surface area (Å²) in [4.78, 5) is 42.4. The molecular weight excluding hydrogens is 360 g/mol. The highest BCUT2D eigenvalue weighted by Gasteiger charge is 2.25. The van der Waals surface area contributed by atoms with Gasteiger partial charge < -0.3 is 10.6 Å². The third-order valence-corrected chi connectivity index (χ3v) is 5.17. The highest BCUT2D eigenvalue weighted by Crippen LogP contribution is 2.27. The van der Waals surface area contributed by atoms with Crippen LogP contribution in [0.1, 0.15) is 34.9 Å². The molecule has 9 nitrogen and oxygen atoms in total. The Morgan fingerprint density at radius 3 is 2.68 bits per heavy atom. The van der Waals surface area contributed by atoms with Crippen molar-refractivity contribution in [1.29, 1.82) is 0 Å². The van der Waals surface area contributed by atoms with Crippen LogP contribution in [0.2, 0.25) is 0 Å². The minimum atomic E-state index is -0.565. The fraction of sp³-hybridized carbons (Fsp3) is 0.316. The topological polar surface area (TPSA) is 127 Å². The molecule has 2 aromatic heterocycles. The van der Waals surface area contributed by atoms with Crippen molar-refractivity contribution >= 4 is 22.7 Å². The Bertz CT molecular complexity index is 1090. The van der Waals surface area contributed by atoms with E-state index in [0.717, 1.165) is 18.5 Å². The lowest BCUT2D eigenvalue weighted by molar-refractivity contribution is -0.133. The zero-order chi connectivity index (χ0) is 19.7. The predicted molar refractivity (Wildman–Crippen MR) is 102 cm³/mol. The van der Waals surface area contributed by atoms with Gasteiger partial charge >= 0.3 is 0 Å². The maximum absolute atomic E-state index is 12.6. The zero-order valence-corrected chi connectivity index (χ0v) is 15.2. The number of amides is 2. The number of hydrogen-bond acceptors (Lipinski definition) is 5. The summed E-state index contributed by atoms with van der Waals surface area (Å²) in [6.45, 7) is 1.12. The van der Waals surface area contributed by atoms with Gasteiger partial charge in [0.25, 0.3) is 11.5 Å². The first kappa shape index (κ1) is 17.9. The van der Waals surface area contributed by atoms with Gasteiger partial charge in [-0.1, -0.05) is 12.1 Å². The van der Waals surface area contributed by atoms with Crippen LogP contribution in [0.3, 0.4) is 0 Å². The van der Waals surface area contributed by atoms with E-state index in [-0.39, 0.29) is 29.6 Å². The molecule has 0 aliphatic carbocycles. The molecule has 2 amide bonds. The van der Waals surface area contributed by atoms with Crippen molar-refractivity contribution in [1.82, 2.24) is 24.6 Å². The van der Waals surface area contributed by atoms with E-state index in [4.69, 9.17) is 5.73 Å². The molecule has 1 aliphatic heterocycles. The lowest BCUT2D eigenvalue weighted by Crippen LogP contribution is -2.41. The van der Waals surface area contributed by atoms with E-state index >= 15 is 0 Å². The number of carbonyl (C=O) groups is 2. The van der Waals surface area contributed by atoms with Crippen molar-refractivity contribution in [2.24, 2.45) is 5.73 Å². The number of nitrogens with one attached hydrogen (secondary N) is 1. The van der Waals surface area contributed by atoms with Gasteiger partial charge in [0, 0.05) is 24.7 Å². The summed E-state index contributed by atoms with van der Waals surface area (Å²) in [5, 5.41) is 7.27. The molecule has 0 spiro atoms. The second kappa shape index (κ2) is 7.26. The van der Waals surface area contributed by atoms with Gasteiger partial charge in [0.05, 0.1) is 17.2 Å². The Labute approximate surface area is 160 Å². The minimum Gasteiger partial charge on any atom is -0.364 e. The number of benzene rings is 1. The fourth-order valence-electron chi connectivity index (χ4n) is 3.58. The number of fused-ring (bicyclic) bond motifs is 1. The van der Waals surface area contributed by atoms with Gasteiger partial charge in [-0.05, 0) is 31.0 Å². The van der Waals surface area contributed by atoms with Crippen LogP contribution in [0, 0.1) is 0 Å². The zero-order valence-electron chi connectivity index (χ0n) is 15.2. The number of para-hydroxylation sites is 1. The van der Waals surface area contributed by atoms with Crippen molar-refractivity contribution in [2.75, 3.05) is 13.1 Å². The smallest absolute Gasteiger partial charge is 0.269 e. The van der Waals surface area contributed by atoms with Crippen LogP contribution >= 0.6 is 0 Å². The number of rotatable bonds is 4. The van der Waals surface area contributed by atoms with E-state index in [0.29, 0.717) is 24.0 Å². The van der Waals surface area contributed by atoms with Gasteiger partial charge in [0.2, 0.25) is 5.91 Å². The second-order valence-electron chi connectivity index (χ2n) is 6.92. The van der Waals surface area contributed by atoms with E-state index in [9.17, 15) is 14.4 Å². The molecule has 1 aliphatic rings. The number of carbonyl (C=O) groups excluding carboxylic acids is 2. The lowest BCUT2D eigenvalue weighted by atomic mass is 9.93. The summed E-state index contributed by atoms with van der Waals surface area (Å²) >= 11 is 0. The number of piperidine rings is 1. The number of likely N-dealkylation sites (tertiary alicyclic amines) is 1. The monoisotopic (exact) mass is 380 g/mol. The van der Waals surface area contributed by atoms with Crippen molar-refractivity contribution in [3.8, 4) is 0 Å². The molecule has 1 fully saturated rings. The van der Waals surface area contributed by atoms with Crippen LogP contribution < -0.4 is 11.3 Å². The molecule has 3 aromatic rings. The third kappa shape index (κ3) is 3.38. The Hall–Kier alpha value is -3.49. The van der Waals surface area contributed by atoms with E-state index in [2.05, 4.69) is 15.2 Å². The fourth-order valence-corrected chi connectivity index (χ4v) is 3.58. The number of aromatic amines is 1.